The molecule has 0 aliphatic rings. The van der Waals surface area contributed by atoms with E-state index in [-0.39, 0.29) is 5.97 Å². The molecule has 0 saturated carbocycles. The Hall–Kier alpha value is -1.25. The minimum atomic E-state index is -0.0966. The summed E-state index contributed by atoms with van der Waals surface area (Å²) in [6.45, 7) is 2.70. The molecule has 3 nitrogen and oxygen atoms in total. The molecule has 0 bridgehead atoms. The lowest BCUT2D eigenvalue weighted by atomic mass is 10.2. The van der Waals surface area contributed by atoms with Gasteiger partial charge in [0.2, 0.25) is 0 Å². The summed E-state index contributed by atoms with van der Waals surface area (Å²) >= 11 is 0. The number of unbranched alkanes of at least 4 members (excludes halogenated alkanes) is 2. The van der Waals surface area contributed by atoms with Crippen molar-refractivity contribution in [1.29, 1.82) is 0 Å². The highest BCUT2D eigenvalue weighted by Gasteiger charge is 2.03. The highest BCUT2D eigenvalue weighted by atomic mass is 16.5. The second kappa shape index (κ2) is 7.10. The molecule has 1 aromatic rings. The molecule has 0 saturated heterocycles. The lowest BCUT2D eigenvalue weighted by molar-refractivity contribution is -0.143. The molecule has 0 aliphatic heterocycles. The zero-order valence-corrected chi connectivity index (χ0v) is 9.29. The molecule has 15 heavy (non-hydrogen) atoms. The number of hydrogen-bond acceptors (Lipinski definition) is 2. The van der Waals surface area contributed by atoms with Crippen LogP contribution in [0.25, 0.3) is 0 Å². The van der Waals surface area contributed by atoms with Crippen molar-refractivity contribution in [2.75, 3.05) is 6.61 Å². The lowest BCUT2D eigenvalue weighted by Gasteiger charge is -2.03. The van der Waals surface area contributed by atoms with Gasteiger partial charge in [0.05, 0.1) is 13.0 Å². The van der Waals surface area contributed by atoms with E-state index in [2.05, 4.69) is 11.9 Å². The Bertz CT molecular complexity index is 267. The maximum Gasteiger partial charge on any atom is 0.306 e. The lowest BCUT2D eigenvalue weighted by Crippen LogP contribution is -2.07. The highest BCUT2D eigenvalue weighted by Crippen LogP contribution is 2.01. The molecule has 0 amide bonds. The fourth-order valence-electron chi connectivity index (χ4n) is 1.37. The Morgan fingerprint density at radius 2 is 2.33 bits per heavy atom. The van der Waals surface area contributed by atoms with Crippen LogP contribution in [-0.2, 0) is 16.0 Å². The molecule has 1 aromatic heterocycles. The van der Waals surface area contributed by atoms with Gasteiger partial charge in [-0.3, -0.25) is 4.79 Å². The van der Waals surface area contributed by atoms with Crippen LogP contribution in [0.5, 0.6) is 0 Å². The number of aromatic nitrogens is 1. The summed E-state index contributed by atoms with van der Waals surface area (Å²) in [6, 6.07) is 3.91. The second-order valence-corrected chi connectivity index (χ2v) is 3.62. The molecule has 0 aromatic carbocycles. The largest absolute Gasteiger partial charge is 0.466 e. The quantitative estimate of drug-likeness (QED) is 0.554. The number of ether oxygens (including phenoxy) is 1. The van der Waals surface area contributed by atoms with E-state index >= 15 is 0 Å². The molecule has 0 radical (unpaired) electrons. The third-order valence-electron chi connectivity index (χ3n) is 2.27. The normalized spacial score (nSPS) is 10.2. The molecule has 1 rings (SSSR count). The molecule has 3 heteroatoms. The van der Waals surface area contributed by atoms with Gasteiger partial charge in [-0.15, -0.1) is 0 Å². The molecule has 1 heterocycles. The molecule has 0 spiro atoms. The van der Waals surface area contributed by atoms with Gasteiger partial charge < -0.3 is 9.72 Å². The first-order valence-electron chi connectivity index (χ1n) is 5.61. The third-order valence-corrected chi connectivity index (χ3v) is 2.27. The second-order valence-electron chi connectivity index (χ2n) is 3.62. The number of carbonyl (C=O) groups excluding carboxylic acids is 1. The summed E-state index contributed by atoms with van der Waals surface area (Å²) in [6.07, 6.45) is 6.32. The topological polar surface area (TPSA) is 42.1 Å². The molecule has 1 N–H and O–H groups in total. The monoisotopic (exact) mass is 209 g/mol. The van der Waals surface area contributed by atoms with Gasteiger partial charge in [-0.2, -0.15) is 0 Å². The Kier molecular flexibility index (Phi) is 5.59. The minimum absolute atomic E-state index is 0.0966. The fraction of sp³-hybridized carbons (Fsp3) is 0.583. The van der Waals surface area contributed by atoms with E-state index in [1.165, 1.54) is 0 Å². The van der Waals surface area contributed by atoms with Crippen molar-refractivity contribution >= 4 is 5.97 Å². The van der Waals surface area contributed by atoms with Gasteiger partial charge >= 0.3 is 5.97 Å². The van der Waals surface area contributed by atoms with Crippen molar-refractivity contribution in [2.24, 2.45) is 0 Å². The average molecular weight is 209 g/mol. The number of esters is 1. The Morgan fingerprint density at radius 1 is 1.47 bits per heavy atom. The van der Waals surface area contributed by atoms with Crippen LogP contribution in [0.4, 0.5) is 0 Å². The molecule has 0 atom stereocenters. The highest BCUT2D eigenvalue weighted by molar-refractivity contribution is 5.69. The molecular formula is C12H19NO2. The van der Waals surface area contributed by atoms with Crippen molar-refractivity contribution in [3.63, 3.8) is 0 Å². The summed E-state index contributed by atoms with van der Waals surface area (Å²) in [5.74, 6) is -0.0966. The number of hydrogen-bond donors (Lipinski definition) is 1. The van der Waals surface area contributed by atoms with Crippen LogP contribution in [0.2, 0.25) is 0 Å². The van der Waals surface area contributed by atoms with Gasteiger partial charge in [-0.25, -0.2) is 0 Å². The summed E-state index contributed by atoms with van der Waals surface area (Å²) in [5, 5.41) is 0. The molecule has 0 unspecified atom stereocenters. The van der Waals surface area contributed by atoms with Crippen LogP contribution < -0.4 is 0 Å². The average Bonchev–Trinajstić information content (AvgIpc) is 2.74. The van der Waals surface area contributed by atoms with Gasteiger partial charge in [0.25, 0.3) is 0 Å². The number of nitrogens with one attached hydrogen (secondary N) is 1. The van der Waals surface area contributed by atoms with Gasteiger partial charge in [0.15, 0.2) is 0 Å². The molecule has 0 fully saturated rings. The standard InChI is InChI=1S/C12H19NO2/c1-2-3-4-10-15-12(14)8-7-11-6-5-9-13-11/h5-6,9,13H,2-4,7-8,10H2,1H3. The molecular weight excluding hydrogens is 190 g/mol. The SMILES string of the molecule is CCCCCOC(=O)CCc1ccc[nH]1. The van der Waals surface area contributed by atoms with Gasteiger partial charge in [-0.1, -0.05) is 19.8 Å². The smallest absolute Gasteiger partial charge is 0.306 e. The van der Waals surface area contributed by atoms with Crippen LogP contribution in [0.3, 0.4) is 0 Å². The van der Waals surface area contributed by atoms with E-state index in [1.54, 1.807) is 0 Å². The van der Waals surface area contributed by atoms with Crippen molar-refractivity contribution in [1.82, 2.24) is 4.98 Å². The van der Waals surface area contributed by atoms with Crippen molar-refractivity contribution in [3.05, 3.63) is 24.0 Å². The van der Waals surface area contributed by atoms with Crippen molar-refractivity contribution in [2.45, 2.75) is 39.0 Å². The summed E-state index contributed by atoms with van der Waals surface area (Å²) in [4.78, 5) is 14.3. The van der Waals surface area contributed by atoms with E-state index < -0.39 is 0 Å². The predicted molar refractivity (Wildman–Crippen MR) is 59.6 cm³/mol. The van der Waals surface area contributed by atoms with Gasteiger partial charge in [-0.05, 0) is 25.0 Å². The molecule has 84 valence electrons. The Labute approximate surface area is 90.8 Å². The Morgan fingerprint density at radius 3 is 3.00 bits per heavy atom. The van der Waals surface area contributed by atoms with E-state index in [1.807, 2.05) is 18.3 Å². The first-order valence-corrected chi connectivity index (χ1v) is 5.61. The van der Waals surface area contributed by atoms with Crippen LogP contribution in [0, 0.1) is 0 Å². The Balaban J connectivity index is 2.04. The number of aryl methyl sites for hydroxylation is 1. The predicted octanol–water partition coefficient (Wildman–Crippen LogP) is 2.68. The minimum Gasteiger partial charge on any atom is -0.466 e. The van der Waals surface area contributed by atoms with E-state index in [0.717, 1.165) is 31.4 Å². The number of rotatable bonds is 7. The fourth-order valence-corrected chi connectivity index (χ4v) is 1.37. The summed E-state index contributed by atoms with van der Waals surface area (Å²) in [5.41, 5.74) is 1.08. The molecule has 0 aliphatic carbocycles. The first-order chi connectivity index (χ1) is 7.33. The third kappa shape index (κ3) is 5.25. The van der Waals surface area contributed by atoms with Gasteiger partial charge in [0.1, 0.15) is 0 Å². The van der Waals surface area contributed by atoms with E-state index in [4.69, 9.17) is 4.74 Å². The maximum absolute atomic E-state index is 11.3. The maximum atomic E-state index is 11.3. The zero-order chi connectivity index (χ0) is 10.9. The van der Waals surface area contributed by atoms with Crippen LogP contribution >= 0.6 is 0 Å². The van der Waals surface area contributed by atoms with Crippen molar-refractivity contribution in [3.8, 4) is 0 Å². The number of carbonyl (C=O) groups is 1. The van der Waals surface area contributed by atoms with Crippen LogP contribution in [0.15, 0.2) is 18.3 Å². The van der Waals surface area contributed by atoms with Crippen LogP contribution in [-0.4, -0.2) is 17.6 Å². The number of aromatic amines is 1. The zero-order valence-electron chi connectivity index (χ0n) is 9.29. The van der Waals surface area contributed by atoms with Gasteiger partial charge in [0, 0.05) is 11.9 Å². The summed E-state index contributed by atoms with van der Waals surface area (Å²) in [7, 11) is 0. The van der Waals surface area contributed by atoms with Crippen LogP contribution in [0.1, 0.15) is 38.3 Å². The number of H-pyrrole nitrogens is 1. The first kappa shape index (κ1) is 11.8. The van der Waals surface area contributed by atoms with Crippen molar-refractivity contribution < 1.29 is 9.53 Å². The summed E-state index contributed by atoms with van der Waals surface area (Å²) < 4.78 is 5.09. The van der Waals surface area contributed by atoms with E-state index in [9.17, 15) is 4.79 Å². The van der Waals surface area contributed by atoms with E-state index in [0.29, 0.717) is 13.0 Å².